The van der Waals surface area contributed by atoms with Gasteiger partial charge in [-0.2, -0.15) is 13.2 Å². The van der Waals surface area contributed by atoms with Gasteiger partial charge in [-0.05, 0) is 18.2 Å². The molecule has 0 aliphatic carbocycles. The first-order chi connectivity index (χ1) is 8.38. The van der Waals surface area contributed by atoms with Crippen molar-refractivity contribution in [3.8, 4) is 11.5 Å². The molecule has 1 aliphatic heterocycles. The van der Waals surface area contributed by atoms with Gasteiger partial charge in [-0.25, -0.2) is 0 Å². The van der Waals surface area contributed by atoms with Crippen molar-refractivity contribution in [3.63, 3.8) is 0 Å². The van der Waals surface area contributed by atoms with Crippen molar-refractivity contribution in [1.82, 2.24) is 0 Å². The predicted molar refractivity (Wildman–Crippen MR) is 54.2 cm³/mol. The van der Waals surface area contributed by atoms with Crippen LogP contribution < -0.4 is 9.47 Å². The van der Waals surface area contributed by atoms with E-state index in [2.05, 4.69) is 0 Å². The number of carbonyl (C=O) groups excluding carboxylic acids is 1. The number of hydrogen-bond acceptors (Lipinski definition) is 4. The maximum Gasteiger partial charge on any atom is 0.454 e. The summed E-state index contributed by atoms with van der Waals surface area (Å²) in [7, 11) is 0. The minimum atomic E-state index is -5.01. The second-order valence-electron chi connectivity index (χ2n) is 3.46. The van der Waals surface area contributed by atoms with E-state index in [0.29, 0.717) is 11.5 Å². The number of benzene rings is 1. The zero-order valence-electron chi connectivity index (χ0n) is 8.82. The van der Waals surface area contributed by atoms with Gasteiger partial charge in [0.1, 0.15) is 5.76 Å². The predicted octanol–water partition coefficient (Wildman–Crippen LogP) is 2.45. The molecule has 1 aliphatic rings. The summed E-state index contributed by atoms with van der Waals surface area (Å²) in [5.41, 5.74) is 0.0388. The molecular weight excluding hydrogens is 253 g/mol. The summed E-state index contributed by atoms with van der Waals surface area (Å²) in [4.78, 5) is 10.7. The SMILES string of the molecule is O=C(/C=C(\O)c1ccc2c(c1)OCO2)C(F)(F)F. The summed E-state index contributed by atoms with van der Waals surface area (Å²) >= 11 is 0. The quantitative estimate of drug-likeness (QED) is 0.655. The molecule has 0 fully saturated rings. The van der Waals surface area contributed by atoms with Gasteiger partial charge in [0.15, 0.2) is 11.5 Å². The van der Waals surface area contributed by atoms with Crippen LogP contribution in [0.4, 0.5) is 13.2 Å². The van der Waals surface area contributed by atoms with Crippen LogP contribution in [0.1, 0.15) is 5.56 Å². The minimum absolute atomic E-state index is 0.00471. The first-order valence-electron chi connectivity index (χ1n) is 4.80. The molecule has 0 unspecified atom stereocenters. The highest BCUT2D eigenvalue weighted by molar-refractivity contribution is 5.99. The number of aliphatic hydroxyl groups excluding tert-OH is 1. The topological polar surface area (TPSA) is 55.8 Å². The highest BCUT2D eigenvalue weighted by Gasteiger charge is 2.37. The Bertz CT molecular complexity index is 520. The Hall–Kier alpha value is -2.18. The van der Waals surface area contributed by atoms with Crippen LogP contribution in [-0.2, 0) is 4.79 Å². The average molecular weight is 260 g/mol. The van der Waals surface area contributed by atoms with Crippen LogP contribution in [0.25, 0.3) is 5.76 Å². The van der Waals surface area contributed by atoms with Crippen LogP contribution in [0.15, 0.2) is 24.3 Å². The molecule has 1 N–H and O–H groups in total. The summed E-state index contributed by atoms with van der Waals surface area (Å²) in [5, 5.41) is 9.43. The largest absolute Gasteiger partial charge is 0.507 e. The Morgan fingerprint density at radius 3 is 2.61 bits per heavy atom. The highest BCUT2D eigenvalue weighted by atomic mass is 19.4. The first kappa shape index (κ1) is 12.3. The van der Waals surface area contributed by atoms with Gasteiger partial charge in [0.25, 0.3) is 5.78 Å². The Balaban J connectivity index is 2.27. The molecule has 2 rings (SSSR count). The Morgan fingerprint density at radius 1 is 1.28 bits per heavy atom. The van der Waals surface area contributed by atoms with Crippen molar-refractivity contribution in [2.45, 2.75) is 6.18 Å². The van der Waals surface area contributed by atoms with Gasteiger partial charge in [0, 0.05) is 11.6 Å². The Kier molecular flexibility index (Phi) is 2.90. The van der Waals surface area contributed by atoms with Crippen molar-refractivity contribution in [3.05, 3.63) is 29.8 Å². The maximum atomic E-state index is 12.0. The lowest BCUT2D eigenvalue weighted by Gasteiger charge is -2.04. The summed E-state index contributed by atoms with van der Waals surface area (Å²) < 4.78 is 46.0. The molecule has 7 heteroatoms. The second kappa shape index (κ2) is 4.25. The van der Waals surface area contributed by atoms with E-state index in [4.69, 9.17) is 9.47 Å². The standard InChI is InChI=1S/C11H7F3O4/c12-11(13,14)10(16)4-7(15)6-1-2-8-9(3-6)18-5-17-8/h1-4,15H,5H2/b7-4-. The lowest BCUT2D eigenvalue weighted by molar-refractivity contribution is -0.165. The van der Waals surface area contributed by atoms with Crippen molar-refractivity contribution in [1.29, 1.82) is 0 Å². The fraction of sp³-hybridized carbons (Fsp3) is 0.182. The molecular formula is C11H7F3O4. The highest BCUT2D eigenvalue weighted by Crippen LogP contribution is 2.34. The number of fused-ring (bicyclic) bond motifs is 1. The van der Waals surface area contributed by atoms with Gasteiger partial charge in [-0.1, -0.05) is 0 Å². The van der Waals surface area contributed by atoms with Crippen LogP contribution in [0.2, 0.25) is 0 Å². The molecule has 18 heavy (non-hydrogen) atoms. The van der Waals surface area contributed by atoms with Gasteiger partial charge in [-0.15, -0.1) is 0 Å². The lowest BCUT2D eigenvalue weighted by Crippen LogP contribution is -2.20. The number of aliphatic hydroxyl groups is 1. The van der Waals surface area contributed by atoms with E-state index < -0.39 is 17.7 Å². The molecule has 4 nitrogen and oxygen atoms in total. The number of allylic oxidation sites excluding steroid dienone is 1. The molecule has 96 valence electrons. The zero-order chi connectivity index (χ0) is 13.3. The van der Waals surface area contributed by atoms with E-state index in [-0.39, 0.29) is 18.4 Å². The van der Waals surface area contributed by atoms with E-state index in [0.717, 1.165) is 0 Å². The lowest BCUT2D eigenvalue weighted by atomic mass is 10.1. The van der Waals surface area contributed by atoms with E-state index in [1.54, 1.807) is 0 Å². The average Bonchev–Trinajstić information content (AvgIpc) is 2.74. The number of ether oxygens (including phenoxy) is 2. The first-order valence-corrected chi connectivity index (χ1v) is 4.80. The van der Waals surface area contributed by atoms with Crippen molar-refractivity contribution in [2.24, 2.45) is 0 Å². The molecule has 0 amide bonds. The van der Waals surface area contributed by atoms with Crippen LogP contribution in [-0.4, -0.2) is 23.9 Å². The summed E-state index contributed by atoms with van der Waals surface area (Å²) in [5.74, 6) is -2.19. The van der Waals surface area contributed by atoms with Gasteiger partial charge in [-0.3, -0.25) is 4.79 Å². The number of alkyl halides is 3. The molecule has 0 saturated heterocycles. The molecule has 0 saturated carbocycles. The Morgan fingerprint density at radius 2 is 1.94 bits per heavy atom. The molecule has 1 aromatic rings. The van der Waals surface area contributed by atoms with Crippen molar-refractivity contribution >= 4 is 11.5 Å². The smallest absolute Gasteiger partial charge is 0.454 e. The number of carbonyl (C=O) groups is 1. The molecule has 1 aromatic carbocycles. The van der Waals surface area contributed by atoms with E-state index in [9.17, 15) is 23.1 Å². The molecule has 0 atom stereocenters. The third-order valence-corrected chi connectivity index (χ3v) is 2.22. The maximum absolute atomic E-state index is 12.0. The number of halogens is 3. The third kappa shape index (κ3) is 2.39. The second-order valence-corrected chi connectivity index (χ2v) is 3.46. The van der Waals surface area contributed by atoms with Gasteiger partial charge in [0.2, 0.25) is 6.79 Å². The number of ketones is 1. The minimum Gasteiger partial charge on any atom is -0.507 e. The van der Waals surface area contributed by atoms with Gasteiger partial charge in [0.05, 0.1) is 0 Å². The molecule has 0 bridgehead atoms. The van der Waals surface area contributed by atoms with E-state index in [1.807, 2.05) is 0 Å². The van der Waals surface area contributed by atoms with Crippen LogP contribution in [0, 0.1) is 0 Å². The van der Waals surface area contributed by atoms with Gasteiger partial charge < -0.3 is 14.6 Å². The van der Waals surface area contributed by atoms with Crippen molar-refractivity contribution < 1.29 is 32.5 Å². The fourth-order valence-electron chi connectivity index (χ4n) is 1.35. The molecule has 0 spiro atoms. The summed E-state index contributed by atoms with van der Waals surface area (Å²) in [6.07, 6.45) is -4.89. The van der Waals surface area contributed by atoms with Crippen LogP contribution >= 0.6 is 0 Å². The number of hydrogen-bond donors (Lipinski definition) is 1. The van der Waals surface area contributed by atoms with Gasteiger partial charge >= 0.3 is 6.18 Å². The summed E-state index contributed by atoms with van der Waals surface area (Å²) in [6, 6.07) is 4.04. The fourth-order valence-corrected chi connectivity index (χ4v) is 1.35. The Labute approximate surface area is 99.2 Å². The van der Waals surface area contributed by atoms with Crippen LogP contribution in [0.3, 0.4) is 0 Å². The molecule has 0 radical (unpaired) electrons. The third-order valence-electron chi connectivity index (χ3n) is 2.22. The van der Waals surface area contributed by atoms with Crippen LogP contribution in [0.5, 0.6) is 11.5 Å². The monoisotopic (exact) mass is 260 g/mol. The zero-order valence-corrected chi connectivity index (χ0v) is 8.82. The van der Waals surface area contributed by atoms with Crippen molar-refractivity contribution in [2.75, 3.05) is 6.79 Å². The van der Waals surface area contributed by atoms with E-state index in [1.165, 1.54) is 18.2 Å². The summed E-state index contributed by atoms with van der Waals surface area (Å²) in [6.45, 7) is 0.00471. The normalized spacial score (nSPS) is 14.7. The molecule has 1 heterocycles. The number of rotatable bonds is 2. The molecule has 0 aromatic heterocycles. The van der Waals surface area contributed by atoms with E-state index >= 15 is 0 Å².